The van der Waals surface area contributed by atoms with Gasteiger partial charge in [-0.25, -0.2) is 4.79 Å². The van der Waals surface area contributed by atoms with Gasteiger partial charge in [0.2, 0.25) is 0 Å². The number of carbonyl (C=O) groups excluding carboxylic acids is 1. The summed E-state index contributed by atoms with van der Waals surface area (Å²) in [6.07, 6.45) is 8.65. The third-order valence-electron chi connectivity index (χ3n) is 3.53. The average Bonchev–Trinajstić information content (AvgIpc) is 2.39. The molecule has 0 aromatic carbocycles. The molecular formula is C15H23N3O. The zero-order chi connectivity index (χ0) is 13.3. The first-order valence-electron chi connectivity index (χ1n) is 7.29. The van der Waals surface area contributed by atoms with Crippen LogP contribution in [-0.2, 0) is 6.42 Å². The Balaban J connectivity index is 1.71. The molecule has 0 atom stereocenters. The van der Waals surface area contributed by atoms with Crippen molar-refractivity contribution in [2.24, 2.45) is 0 Å². The Morgan fingerprint density at radius 1 is 1.16 bits per heavy atom. The van der Waals surface area contributed by atoms with Gasteiger partial charge in [0, 0.05) is 37.9 Å². The van der Waals surface area contributed by atoms with Gasteiger partial charge < -0.3 is 10.2 Å². The minimum Gasteiger partial charge on any atom is -0.338 e. The number of carbonyl (C=O) groups is 1. The van der Waals surface area contributed by atoms with Crippen molar-refractivity contribution in [1.29, 1.82) is 0 Å². The third kappa shape index (κ3) is 4.89. The van der Waals surface area contributed by atoms with E-state index in [4.69, 9.17) is 0 Å². The van der Waals surface area contributed by atoms with E-state index >= 15 is 0 Å². The van der Waals surface area contributed by atoms with Crippen LogP contribution in [0.2, 0.25) is 0 Å². The lowest BCUT2D eigenvalue weighted by Gasteiger charge is -2.25. The van der Waals surface area contributed by atoms with Crippen LogP contribution in [0.5, 0.6) is 0 Å². The minimum atomic E-state index is 0.0813. The lowest BCUT2D eigenvalue weighted by atomic mass is 10.1. The number of aromatic nitrogens is 1. The molecule has 1 saturated heterocycles. The van der Waals surface area contributed by atoms with Crippen molar-refractivity contribution in [2.75, 3.05) is 19.6 Å². The predicted molar refractivity (Wildman–Crippen MR) is 76.0 cm³/mol. The quantitative estimate of drug-likeness (QED) is 0.909. The van der Waals surface area contributed by atoms with Crippen molar-refractivity contribution in [3.8, 4) is 0 Å². The molecule has 19 heavy (non-hydrogen) atoms. The second-order valence-corrected chi connectivity index (χ2v) is 5.06. The maximum atomic E-state index is 12.0. The van der Waals surface area contributed by atoms with Crippen LogP contribution in [0.25, 0.3) is 0 Å². The van der Waals surface area contributed by atoms with Crippen LogP contribution < -0.4 is 5.32 Å². The van der Waals surface area contributed by atoms with E-state index in [0.29, 0.717) is 6.54 Å². The Morgan fingerprint density at radius 3 is 2.58 bits per heavy atom. The van der Waals surface area contributed by atoms with Crippen LogP contribution in [0.4, 0.5) is 4.79 Å². The highest BCUT2D eigenvalue weighted by Crippen LogP contribution is 2.10. The maximum Gasteiger partial charge on any atom is 0.317 e. The van der Waals surface area contributed by atoms with Crippen molar-refractivity contribution < 1.29 is 4.79 Å². The number of pyridine rings is 1. The molecule has 104 valence electrons. The van der Waals surface area contributed by atoms with E-state index in [1.54, 1.807) is 6.20 Å². The van der Waals surface area contributed by atoms with Gasteiger partial charge in [-0.05, 0) is 25.0 Å². The van der Waals surface area contributed by atoms with Gasteiger partial charge >= 0.3 is 6.03 Å². The van der Waals surface area contributed by atoms with Crippen molar-refractivity contribution in [3.63, 3.8) is 0 Å². The summed E-state index contributed by atoms with van der Waals surface area (Å²) in [7, 11) is 0. The summed E-state index contributed by atoms with van der Waals surface area (Å²) in [4.78, 5) is 18.3. The van der Waals surface area contributed by atoms with Gasteiger partial charge in [-0.2, -0.15) is 0 Å². The number of rotatable bonds is 3. The fourth-order valence-corrected chi connectivity index (χ4v) is 2.41. The second kappa shape index (κ2) is 7.77. The van der Waals surface area contributed by atoms with E-state index in [9.17, 15) is 4.79 Å². The second-order valence-electron chi connectivity index (χ2n) is 5.06. The molecule has 2 amide bonds. The lowest BCUT2D eigenvalue weighted by molar-refractivity contribution is 0.192. The maximum absolute atomic E-state index is 12.0. The van der Waals surface area contributed by atoms with Crippen LogP contribution in [0.3, 0.4) is 0 Å². The van der Waals surface area contributed by atoms with E-state index in [2.05, 4.69) is 10.3 Å². The molecule has 1 fully saturated rings. The molecule has 0 saturated carbocycles. The average molecular weight is 261 g/mol. The molecule has 1 aromatic rings. The van der Waals surface area contributed by atoms with Crippen LogP contribution in [0.1, 0.15) is 37.8 Å². The summed E-state index contributed by atoms with van der Waals surface area (Å²) in [5.41, 5.74) is 1.02. The smallest absolute Gasteiger partial charge is 0.317 e. The summed E-state index contributed by atoms with van der Waals surface area (Å²) in [6, 6.07) is 5.95. The predicted octanol–water partition coefficient (Wildman–Crippen LogP) is 2.60. The highest BCUT2D eigenvalue weighted by atomic mass is 16.2. The van der Waals surface area contributed by atoms with E-state index in [0.717, 1.165) is 38.0 Å². The molecule has 0 unspecified atom stereocenters. The molecule has 0 spiro atoms. The number of nitrogens with zero attached hydrogens (tertiary/aromatic N) is 2. The number of amides is 2. The molecule has 1 aliphatic heterocycles. The van der Waals surface area contributed by atoms with Gasteiger partial charge in [0.15, 0.2) is 0 Å². The van der Waals surface area contributed by atoms with Gasteiger partial charge in [-0.15, -0.1) is 0 Å². The zero-order valence-electron chi connectivity index (χ0n) is 11.5. The van der Waals surface area contributed by atoms with Crippen LogP contribution in [0, 0.1) is 0 Å². The Kier molecular flexibility index (Phi) is 5.66. The minimum absolute atomic E-state index is 0.0813. The normalized spacial score (nSPS) is 16.5. The molecule has 4 nitrogen and oxygen atoms in total. The summed E-state index contributed by atoms with van der Waals surface area (Å²) in [5.74, 6) is 0. The standard InChI is InChI=1S/C15H23N3O/c19-15(18-12-6-2-1-3-7-13-18)17-11-9-14-8-4-5-10-16-14/h4-5,8,10H,1-3,6-7,9,11-13H2,(H,17,19). The molecule has 0 radical (unpaired) electrons. The molecule has 2 rings (SSSR count). The highest BCUT2D eigenvalue weighted by molar-refractivity contribution is 5.74. The SMILES string of the molecule is O=C(NCCc1ccccn1)N1CCCCCCC1. The van der Waals surface area contributed by atoms with Crippen LogP contribution >= 0.6 is 0 Å². The third-order valence-corrected chi connectivity index (χ3v) is 3.53. The molecule has 0 aliphatic carbocycles. The largest absolute Gasteiger partial charge is 0.338 e. The van der Waals surface area contributed by atoms with Gasteiger partial charge in [-0.1, -0.05) is 25.3 Å². The van der Waals surface area contributed by atoms with Crippen molar-refractivity contribution >= 4 is 6.03 Å². The van der Waals surface area contributed by atoms with E-state index in [-0.39, 0.29) is 6.03 Å². The van der Waals surface area contributed by atoms with Crippen LogP contribution in [-0.4, -0.2) is 35.5 Å². The molecule has 0 bridgehead atoms. The van der Waals surface area contributed by atoms with Crippen molar-refractivity contribution in [3.05, 3.63) is 30.1 Å². The van der Waals surface area contributed by atoms with Gasteiger partial charge in [-0.3, -0.25) is 4.98 Å². The molecule has 1 aromatic heterocycles. The topological polar surface area (TPSA) is 45.2 Å². The summed E-state index contributed by atoms with van der Waals surface area (Å²) in [5, 5.41) is 3.00. The molecule has 4 heteroatoms. The van der Waals surface area contributed by atoms with Gasteiger partial charge in [0.25, 0.3) is 0 Å². The highest BCUT2D eigenvalue weighted by Gasteiger charge is 2.13. The first-order valence-corrected chi connectivity index (χ1v) is 7.29. The number of urea groups is 1. The van der Waals surface area contributed by atoms with Crippen molar-refractivity contribution in [2.45, 2.75) is 38.5 Å². The summed E-state index contributed by atoms with van der Waals surface area (Å²) < 4.78 is 0. The first kappa shape index (κ1) is 13.8. The summed E-state index contributed by atoms with van der Waals surface area (Å²) in [6.45, 7) is 2.46. The first-order chi connectivity index (χ1) is 9.36. The fraction of sp³-hybridized carbons (Fsp3) is 0.600. The number of hydrogen-bond donors (Lipinski definition) is 1. The number of hydrogen-bond acceptors (Lipinski definition) is 2. The number of likely N-dealkylation sites (tertiary alicyclic amines) is 1. The van der Waals surface area contributed by atoms with E-state index in [1.165, 1.54) is 19.3 Å². The number of nitrogens with one attached hydrogen (secondary N) is 1. The Labute approximate surface area is 115 Å². The van der Waals surface area contributed by atoms with Crippen molar-refractivity contribution in [1.82, 2.24) is 15.2 Å². The van der Waals surface area contributed by atoms with Gasteiger partial charge in [0.05, 0.1) is 0 Å². The Hall–Kier alpha value is -1.58. The van der Waals surface area contributed by atoms with Crippen LogP contribution in [0.15, 0.2) is 24.4 Å². The Bertz CT molecular complexity index is 372. The molecule has 2 heterocycles. The van der Waals surface area contributed by atoms with E-state index in [1.807, 2.05) is 23.1 Å². The lowest BCUT2D eigenvalue weighted by Crippen LogP contribution is -2.42. The fourth-order valence-electron chi connectivity index (χ4n) is 2.41. The monoisotopic (exact) mass is 261 g/mol. The Morgan fingerprint density at radius 2 is 1.89 bits per heavy atom. The van der Waals surface area contributed by atoms with E-state index < -0.39 is 0 Å². The molecular weight excluding hydrogens is 238 g/mol. The molecule has 1 N–H and O–H groups in total. The molecule has 1 aliphatic rings. The van der Waals surface area contributed by atoms with Gasteiger partial charge in [0.1, 0.15) is 0 Å². The summed E-state index contributed by atoms with van der Waals surface area (Å²) >= 11 is 0. The zero-order valence-corrected chi connectivity index (χ0v) is 11.5.